The summed E-state index contributed by atoms with van der Waals surface area (Å²) in [5.74, 6) is -0.280. The van der Waals surface area contributed by atoms with Crippen molar-refractivity contribution in [3.8, 4) is 16.9 Å². The number of nitrogens with zero attached hydrogens (tertiary/aromatic N) is 3. The van der Waals surface area contributed by atoms with E-state index in [1.807, 2.05) is 66.9 Å². The van der Waals surface area contributed by atoms with Gasteiger partial charge in [-0.15, -0.1) is 0 Å². The average molecular weight is 330 g/mol. The Bertz CT molecular complexity index is 991. The molecule has 0 aliphatic rings. The Labute approximate surface area is 143 Å². The van der Waals surface area contributed by atoms with Crippen molar-refractivity contribution < 1.29 is 9.32 Å². The first-order valence-electron chi connectivity index (χ1n) is 7.72. The molecule has 0 saturated carbocycles. The zero-order valence-corrected chi connectivity index (χ0v) is 13.2. The van der Waals surface area contributed by atoms with Crippen LogP contribution in [-0.2, 0) is 0 Å². The fourth-order valence-electron chi connectivity index (χ4n) is 2.55. The fraction of sp³-hybridized carbons (Fsp3) is 0. The highest BCUT2D eigenvalue weighted by Crippen LogP contribution is 2.23. The number of carbonyl (C=O) groups excluding carboxylic acids is 1. The first-order chi connectivity index (χ1) is 12.3. The Morgan fingerprint density at radius 3 is 2.72 bits per heavy atom. The third-order valence-corrected chi connectivity index (χ3v) is 3.73. The van der Waals surface area contributed by atoms with Gasteiger partial charge in [0.15, 0.2) is 0 Å². The Balaban J connectivity index is 1.60. The van der Waals surface area contributed by atoms with Gasteiger partial charge < -0.3 is 9.84 Å². The second-order valence-electron chi connectivity index (χ2n) is 5.40. The second kappa shape index (κ2) is 6.45. The lowest BCUT2D eigenvalue weighted by molar-refractivity contribution is 0.102. The normalized spacial score (nSPS) is 10.6. The van der Waals surface area contributed by atoms with Gasteiger partial charge in [-0.05, 0) is 24.3 Å². The molecule has 6 nitrogen and oxygen atoms in total. The third-order valence-electron chi connectivity index (χ3n) is 3.73. The molecule has 0 bridgehead atoms. The van der Waals surface area contributed by atoms with Crippen LogP contribution in [0.5, 0.6) is 0 Å². The summed E-state index contributed by atoms with van der Waals surface area (Å²) in [5.41, 5.74) is 3.25. The molecule has 0 unspecified atom stereocenters. The molecule has 6 heteroatoms. The molecule has 122 valence electrons. The van der Waals surface area contributed by atoms with E-state index in [0.717, 1.165) is 11.3 Å². The van der Waals surface area contributed by atoms with Gasteiger partial charge in [-0.2, -0.15) is 5.10 Å². The van der Waals surface area contributed by atoms with E-state index in [1.54, 1.807) is 10.9 Å². The van der Waals surface area contributed by atoms with Gasteiger partial charge in [0.1, 0.15) is 17.5 Å². The monoisotopic (exact) mass is 330 g/mol. The number of hydrogen-bond donors (Lipinski definition) is 1. The molecule has 4 rings (SSSR count). The predicted octanol–water partition coefficient (Wildman–Crippen LogP) is 3.78. The van der Waals surface area contributed by atoms with Crippen LogP contribution in [0.2, 0.25) is 0 Å². The van der Waals surface area contributed by atoms with Gasteiger partial charge >= 0.3 is 0 Å². The Morgan fingerprint density at radius 1 is 1.04 bits per heavy atom. The fourth-order valence-corrected chi connectivity index (χ4v) is 2.55. The van der Waals surface area contributed by atoms with Crippen molar-refractivity contribution in [1.29, 1.82) is 0 Å². The molecule has 0 saturated heterocycles. The van der Waals surface area contributed by atoms with Crippen LogP contribution < -0.4 is 5.32 Å². The van der Waals surface area contributed by atoms with Crippen LogP contribution in [0.15, 0.2) is 83.8 Å². The van der Waals surface area contributed by atoms with E-state index in [9.17, 15) is 4.79 Å². The van der Waals surface area contributed by atoms with E-state index in [4.69, 9.17) is 4.52 Å². The first kappa shape index (κ1) is 14.9. The zero-order valence-electron chi connectivity index (χ0n) is 13.2. The van der Waals surface area contributed by atoms with Crippen molar-refractivity contribution in [2.24, 2.45) is 0 Å². The molecule has 25 heavy (non-hydrogen) atoms. The maximum Gasteiger partial charge on any atom is 0.261 e. The van der Waals surface area contributed by atoms with Gasteiger partial charge in [0, 0.05) is 23.6 Å². The van der Waals surface area contributed by atoms with Crippen molar-refractivity contribution in [3.63, 3.8) is 0 Å². The third kappa shape index (κ3) is 3.05. The van der Waals surface area contributed by atoms with Crippen molar-refractivity contribution in [2.45, 2.75) is 0 Å². The van der Waals surface area contributed by atoms with Gasteiger partial charge in [-0.1, -0.05) is 41.6 Å². The van der Waals surface area contributed by atoms with Crippen LogP contribution in [0.3, 0.4) is 0 Å². The average Bonchev–Trinajstić information content (AvgIpc) is 3.34. The van der Waals surface area contributed by atoms with Gasteiger partial charge in [0.2, 0.25) is 0 Å². The lowest BCUT2D eigenvalue weighted by atomic mass is 10.1. The minimum atomic E-state index is -0.280. The van der Waals surface area contributed by atoms with E-state index in [1.165, 1.54) is 6.26 Å². The summed E-state index contributed by atoms with van der Waals surface area (Å²) >= 11 is 0. The summed E-state index contributed by atoms with van der Waals surface area (Å²) < 4.78 is 6.74. The molecule has 0 aliphatic carbocycles. The second-order valence-corrected chi connectivity index (χ2v) is 5.40. The maximum atomic E-state index is 12.6. The molecule has 1 amide bonds. The molecule has 4 aromatic rings. The molecule has 0 radical (unpaired) electrons. The number of benzene rings is 2. The van der Waals surface area contributed by atoms with Gasteiger partial charge in [0.05, 0.1) is 5.69 Å². The summed E-state index contributed by atoms with van der Waals surface area (Å²) in [6.45, 7) is 0. The molecule has 0 aliphatic heterocycles. The Morgan fingerprint density at radius 2 is 1.92 bits per heavy atom. The van der Waals surface area contributed by atoms with Crippen LogP contribution in [0.25, 0.3) is 16.9 Å². The lowest BCUT2D eigenvalue weighted by Crippen LogP contribution is -2.12. The highest BCUT2D eigenvalue weighted by Gasteiger charge is 2.17. The molecular weight excluding hydrogens is 316 g/mol. The number of nitrogens with one attached hydrogen (secondary N) is 1. The van der Waals surface area contributed by atoms with Crippen molar-refractivity contribution >= 4 is 11.6 Å². The number of carbonyl (C=O) groups is 1. The van der Waals surface area contributed by atoms with Crippen LogP contribution in [0.4, 0.5) is 5.69 Å². The van der Waals surface area contributed by atoms with Gasteiger partial charge in [-0.25, -0.2) is 4.68 Å². The number of aromatic nitrogens is 3. The topological polar surface area (TPSA) is 73.0 Å². The predicted molar refractivity (Wildman–Crippen MR) is 93.5 cm³/mol. The van der Waals surface area contributed by atoms with Crippen LogP contribution in [0, 0.1) is 0 Å². The van der Waals surface area contributed by atoms with Crippen molar-refractivity contribution in [1.82, 2.24) is 14.9 Å². The van der Waals surface area contributed by atoms with E-state index >= 15 is 0 Å². The van der Waals surface area contributed by atoms with E-state index in [-0.39, 0.29) is 5.91 Å². The summed E-state index contributed by atoms with van der Waals surface area (Å²) in [6.07, 6.45) is 4.90. The van der Waals surface area contributed by atoms with Crippen LogP contribution >= 0.6 is 0 Å². The molecule has 0 spiro atoms. The number of amides is 1. The maximum absolute atomic E-state index is 12.6. The number of rotatable bonds is 4. The summed E-state index contributed by atoms with van der Waals surface area (Å²) in [4.78, 5) is 12.6. The molecule has 1 N–H and O–H groups in total. The molecule has 0 fully saturated rings. The molecular formula is C19H14N4O2. The minimum absolute atomic E-state index is 0.280. The first-order valence-corrected chi connectivity index (χ1v) is 7.72. The standard InChI is InChI=1S/C19H14N4O2/c24-19(17-13-25-22-18(17)14-6-2-1-3-7-14)21-15-8-4-9-16(12-15)23-11-5-10-20-23/h1-13H,(H,21,24). The molecule has 2 aromatic carbocycles. The minimum Gasteiger partial charge on any atom is -0.363 e. The van der Waals surface area contributed by atoms with Gasteiger partial charge in [-0.3, -0.25) is 4.79 Å². The molecule has 2 aromatic heterocycles. The highest BCUT2D eigenvalue weighted by atomic mass is 16.5. The Kier molecular flexibility index (Phi) is 3.84. The van der Waals surface area contributed by atoms with Crippen LogP contribution in [0.1, 0.15) is 10.4 Å². The lowest BCUT2D eigenvalue weighted by Gasteiger charge is -2.07. The molecule has 0 atom stereocenters. The van der Waals surface area contributed by atoms with E-state index < -0.39 is 0 Å². The highest BCUT2D eigenvalue weighted by molar-refractivity contribution is 6.07. The quantitative estimate of drug-likeness (QED) is 0.618. The zero-order chi connectivity index (χ0) is 17.1. The molecule has 2 heterocycles. The SMILES string of the molecule is O=C(Nc1cccc(-n2cccn2)c1)c1conc1-c1ccccc1. The van der Waals surface area contributed by atoms with Gasteiger partial charge in [0.25, 0.3) is 5.91 Å². The van der Waals surface area contributed by atoms with Crippen molar-refractivity contribution in [2.75, 3.05) is 5.32 Å². The van der Waals surface area contributed by atoms with Crippen LogP contribution in [-0.4, -0.2) is 20.8 Å². The number of hydrogen-bond acceptors (Lipinski definition) is 4. The van der Waals surface area contributed by atoms with Crippen molar-refractivity contribution in [3.05, 3.63) is 84.9 Å². The smallest absolute Gasteiger partial charge is 0.261 e. The Hall–Kier alpha value is -3.67. The van der Waals surface area contributed by atoms with E-state index in [0.29, 0.717) is 16.9 Å². The largest absolute Gasteiger partial charge is 0.363 e. The van der Waals surface area contributed by atoms with E-state index in [2.05, 4.69) is 15.6 Å². The summed E-state index contributed by atoms with van der Waals surface area (Å²) in [6, 6.07) is 18.7. The summed E-state index contributed by atoms with van der Waals surface area (Å²) in [7, 11) is 0. The number of anilines is 1. The summed E-state index contributed by atoms with van der Waals surface area (Å²) in [5, 5.41) is 11.0.